The Bertz CT molecular complexity index is 350. The van der Waals surface area contributed by atoms with Crippen molar-refractivity contribution in [2.75, 3.05) is 7.11 Å². The van der Waals surface area contributed by atoms with Crippen LogP contribution in [0.25, 0.3) is 0 Å². The summed E-state index contributed by atoms with van der Waals surface area (Å²) in [5.41, 5.74) is -0.238. The predicted octanol–water partition coefficient (Wildman–Crippen LogP) is 1.85. The second kappa shape index (κ2) is 4.04. The van der Waals surface area contributed by atoms with Crippen molar-refractivity contribution >= 4 is 5.78 Å². The van der Waals surface area contributed by atoms with Crippen LogP contribution >= 0.6 is 0 Å². The van der Waals surface area contributed by atoms with Crippen LogP contribution in [0.1, 0.15) is 10.4 Å². The van der Waals surface area contributed by atoms with Gasteiger partial charge in [-0.15, -0.1) is 0 Å². The van der Waals surface area contributed by atoms with Crippen molar-refractivity contribution in [3.63, 3.8) is 0 Å². The Morgan fingerprint density at radius 2 is 2.14 bits per heavy atom. The number of aromatic hydroxyl groups is 1. The summed E-state index contributed by atoms with van der Waals surface area (Å²) in [5, 5.41) is 9.20. The van der Waals surface area contributed by atoms with E-state index in [9.17, 15) is 18.7 Å². The molecular weight excluding hydrogens is 194 g/mol. The molecule has 0 spiro atoms. The molecule has 0 unspecified atom stereocenters. The van der Waals surface area contributed by atoms with E-state index in [0.29, 0.717) is 0 Å². The quantitative estimate of drug-likeness (QED) is 0.761. The normalized spacial score (nSPS) is 10.3. The number of ketones is 1. The number of alkyl halides is 2. The van der Waals surface area contributed by atoms with E-state index in [1.165, 1.54) is 19.2 Å². The molecule has 0 aliphatic carbocycles. The zero-order valence-corrected chi connectivity index (χ0v) is 7.33. The average molecular weight is 202 g/mol. The highest BCUT2D eigenvalue weighted by atomic mass is 19.3. The third-order valence-corrected chi connectivity index (χ3v) is 1.66. The first kappa shape index (κ1) is 10.4. The molecule has 1 aromatic carbocycles. The number of halogens is 2. The van der Waals surface area contributed by atoms with Gasteiger partial charge in [0, 0.05) is 5.56 Å². The van der Waals surface area contributed by atoms with Gasteiger partial charge in [-0.2, -0.15) is 0 Å². The number of hydrogen-bond donors (Lipinski definition) is 1. The van der Waals surface area contributed by atoms with E-state index in [4.69, 9.17) is 4.74 Å². The monoisotopic (exact) mass is 202 g/mol. The maximum absolute atomic E-state index is 12.0. The molecule has 0 atom stereocenters. The van der Waals surface area contributed by atoms with Crippen molar-refractivity contribution in [2.24, 2.45) is 0 Å². The van der Waals surface area contributed by atoms with Gasteiger partial charge in [0.2, 0.25) is 5.78 Å². The van der Waals surface area contributed by atoms with Gasteiger partial charge in [0.25, 0.3) is 0 Å². The highest BCUT2D eigenvalue weighted by Gasteiger charge is 2.18. The summed E-state index contributed by atoms with van der Waals surface area (Å²) in [5.74, 6) is -1.52. The molecule has 5 heteroatoms. The topological polar surface area (TPSA) is 46.5 Å². The molecule has 1 N–H and O–H groups in total. The average Bonchev–Trinajstić information content (AvgIpc) is 2.16. The van der Waals surface area contributed by atoms with Crippen LogP contribution in [-0.4, -0.2) is 24.4 Å². The first-order valence-electron chi connectivity index (χ1n) is 3.75. The van der Waals surface area contributed by atoms with E-state index in [0.717, 1.165) is 6.07 Å². The second-order valence-electron chi connectivity index (χ2n) is 2.55. The maximum Gasteiger partial charge on any atom is 0.300 e. The lowest BCUT2D eigenvalue weighted by Crippen LogP contribution is -2.09. The molecule has 1 aromatic rings. The van der Waals surface area contributed by atoms with Gasteiger partial charge in [-0.05, 0) is 18.2 Å². The zero-order valence-electron chi connectivity index (χ0n) is 7.33. The van der Waals surface area contributed by atoms with E-state index < -0.39 is 12.2 Å². The van der Waals surface area contributed by atoms with E-state index in [1.807, 2.05) is 0 Å². The molecule has 0 fully saturated rings. The van der Waals surface area contributed by atoms with Gasteiger partial charge in [-0.1, -0.05) is 0 Å². The molecule has 0 saturated heterocycles. The summed E-state index contributed by atoms with van der Waals surface area (Å²) in [6.45, 7) is 0. The molecule has 0 radical (unpaired) electrons. The van der Waals surface area contributed by atoms with Gasteiger partial charge in [0.05, 0.1) is 7.11 Å². The van der Waals surface area contributed by atoms with Crippen LogP contribution in [0.5, 0.6) is 11.5 Å². The summed E-state index contributed by atoms with van der Waals surface area (Å²) in [6.07, 6.45) is -3.07. The number of rotatable bonds is 3. The Hall–Kier alpha value is -1.65. The molecule has 0 amide bonds. The van der Waals surface area contributed by atoms with E-state index in [-0.39, 0.29) is 17.1 Å². The third kappa shape index (κ3) is 1.99. The van der Waals surface area contributed by atoms with Crippen LogP contribution in [0.2, 0.25) is 0 Å². The molecule has 0 heterocycles. The molecule has 0 saturated carbocycles. The Labute approximate surface area is 78.9 Å². The smallest absolute Gasteiger partial charge is 0.300 e. The molecular formula is C9H8F2O3. The molecule has 0 bridgehead atoms. The molecule has 0 aromatic heterocycles. The van der Waals surface area contributed by atoms with Crippen LogP contribution in [-0.2, 0) is 0 Å². The molecule has 0 aliphatic rings. The summed E-state index contributed by atoms with van der Waals surface area (Å²) < 4.78 is 28.6. The van der Waals surface area contributed by atoms with E-state index >= 15 is 0 Å². The number of benzene rings is 1. The number of methoxy groups -OCH3 is 1. The highest BCUT2D eigenvalue weighted by molar-refractivity contribution is 5.98. The number of phenols is 1. The Kier molecular flexibility index (Phi) is 3.01. The van der Waals surface area contributed by atoms with Crippen LogP contribution in [0, 0.1) is 0 Å². The summed E-state index contributed by atoms with van der Waals surface area (Å²) >= 11 is 0. The van der Waals surface area contributed by atoms with Gasteiger partial charge in [-0.25, -0.2) is 8.78 Å². The van der Waals surface area contributed by atoms with E-state index in [2.05, 4.69) is 0 Å². The van der Waals surface area contributed by atoms with Gasteiger partial charge in [0.15, 0.2) is 11.5 Å². The maximum atomic E-state index is 12.0. The van der Waals surface area contributed by atoms with Crippen LogP contribution in [0.3, 0.4) is 0 Å². The second-order valence-corrected chi connectivity index (χ2v) is 2.55. The molecule has 0 aliphatic heterocycles. The van der Waals surface area contributed by atoms with Crippen molar-refractivity contribution in [2.45, 2.75) is 6.43 Å². The fraction of sp³-hybridized carbons (Fsp3) is 0.222. The number of ether oxygens (including phenoxy) is 1. The Morgan fingerprint density at radius 3 is 2.57 bits per heavy atom. The first-order chi connectivity index (χ1) is 6.56. The van der Waals surface area contributed by atoms with Gasteiger partial charge in [-0.3, -0.25) is 4.79 Å². The summed E-state index contributed by atoms with van der Waals surface area (Å²) in [7, 11) is 1.32. The predicted molar refractivity (Wildman–Crippen MR) is 45.0 cm³/mol. The van der Waals surface area contributed by atoms with Crippen molar-refractivity contribution in [3.05, 3.63) is 23.8 Å². The lowest BCUT2D eigenvalue weighted by molar-refractivity contribution is 0.0678. The number of carbonyl (C=O) groups excluding carboxylic acids is 1. The molecule has 1 rings (SSSR count). The van der Waals surface area contributed by atoms with Gasteiger partial charge >= 0.3 is 6.43 Å². The first-order valence-corrected chi connectivity index (χ1v) is 3.75. The minimum absolute atomic E-state index is 0.135. The number of hydrogen-bond acceptors (Lipinski definition) is 3. The summed E-state index contributed by atoms with van der Waals surface area (Å²) in [6, 6.07) is 3.38. The fourth-order valence-electron chi connectivity index (χ4n) is 0.969. The number of Topliss-reactive ketones (excluding diaryl/α,β-unsaturated/α-hetero) is 1. The van der Waals surface area contributed by atoms with Crippen molar-refractivity contribution in [1.82, 2.24) is 0 Å². The zero-order chi connectivity index (χ0) is 10.7. The van der Waals surface area contributed by atoms with Crippen molar-refractivity contribution < 1.29 is 23.4 Å². The lowest BCUT2D eigenvalue weighted by atomic mass is 10.1. The fourth-order valence-corrected chi connectivity index (χ4v) is 0.969. The minimum atomic E-state index is -3.07. The lowest BCUT2D eigenvalue weighted by Gasteiger charge is -2.04. The highest BCUT2D eigenvalue weighted by Crippen LogP contribution is 2.26. The standard InChI is InChI=1S/C9H8F2O3/c1-14-7-3-2-5(4-6(7)12)8(13)9(10)11/h2-4,9,12H,1H3. The Morgan fingerprint density at radius 1 is 1.50 bits per heavy atom. The molecule has 3 nitrogen and oxygen atoms in total. The van der Waals surface area contributed by atoms with E-state index in [1.54, 1.807) is 0 Å². The third-order valence-electron chi connectivity index (χ3n) is 1.66. The molecule has 14 heavy (non-hydrogen) atoms. The minimum Gasteiger partial charge on any atom is -0.504 e. The van der Waals surface area contributed by atoms with Crippen LogP contribution in [0.15, 0.2) is 18.2 Å². The van der Waals surface area contributed by atoms with Crippen molar-refractivity contribution in [1.29, 1.82) is 0 Å². The van der Waals surface area contributed by atoms with Crippen LogP contribution < -0.4 is 4.74 Å². The Balaban J connectivity index is 3.03. The largest absolute Gasteiger partial charge is 0.504 e. The van der Waals surface area contributed by atoms with Crippen molar-refractivity contribution in [3.8, 4) is 11.5 Å². The van der Waals surface area contributed by atoms with Gasteiger partial charge < -0.3 is 9.84 Å². The van der Waals surface area contributed by atoms with Gasteiger partial charge in [0.1, 0.15) is 0 Å². The van der Waals surface area contributed by atoms with Crippen LogP contribution in [0.4, 0.5) is 8.78 Å². The summed E-state index contributed by atoms with van der Waals surface area (Å²) in [4.78, 5) is 10.8. The number of carbonyl (C=O) groups is 1. The SMILES string of the molecule is COc1ccc(C(=O)C(F)F)cc1O. The molecule has 76 valence electrons. The number of phenolic OH excluding ortho intramolecular Hbond substituents is 1.